The van der Waals surface area contributed by atoms with Gasteiger partial charge in [0, 0.05) is 23.0 Å². The van der Waals surface area contributed by atoms with Crippen LogP contribution in [0.3, 0.4) is 0 Å². The van der Waals surface area contributed by atoms with Gasteiger partial charge < -0.3 is 5.11 Å². The van der Waals surface area contributed by atoms with E-state index < -0.39 is 16.9 Å². The molecule has 4 heteroatoms. The van der Waals surface area contributed by atoms with Crippen molar-refractivity contribution in [2.75, 3.05) is 11.5 Å². The molecule has 0 aliphatic carbocycles. The number of hydrogen-bond acceptors (Lipinski definition) is 3. The highest BCUT2D eigenvalue weighted by atomic mass is 32.2. The largest absolute Gasteiger partial charge is 0.388 e. The van der Waals surface area contributed by atoms with Crippen LogP contribution < -0.4 is 0 Å². The number of benzene rings is 1. The molecule has 0 aromatic heterocycles. The van der Waals surface area contributed by atoms with E-state index in [9.17, 15) is 9.32 Å². The Morgan fingerprint density at radius 3 is 2.72 bits per heavy atom. The molecule has 1 saturated heterocycles. The number of hydrogen-bond donors (Lipinski definition) is 1. The second-order valence-corrected chi connectivity index (χ2v) is 8.41. The van der Waals surface area contributed by atoms with Crippen molar-refractivity contribution in [3.05, 3.63) is 35.9 Å². The minimum atomic E-state index is -0.811. The maximum atomic E-state index is 12.2. The molecule has 3 atom stereocenters. The molecular formula is C14H20O2S2. The zero-order chi connectivity index (χ0) is 13.0. The number of thioether (sulfide) groups is 1. The van der Waals surface area contributed by atoms with Gasteiger partial charge in [-0.1, -0.05) is 37.3 Å². The Hall–Kier alpha value is -0.320. The van der Waals surface area contributed by atoms with Crippen LogP contribution in [0, 0.1) is 0 Å². The average molecular weight is 284 g/mol. The highest BCUT2D eigenvalue weighted by Crippen LogP contribution is 2.45. The lowest BCUT2D eigenvalue weighted by Crippen LogP contribution is -2.29. The summed E-state index contributed by atoms with van der Waals surface area (Å²) in [6, 6.07) is 9.69. The normalized spacial score (nSPS) is 29.3. The van der Waals surface area contributed by atoms with Crippen LogP contribution in [0.4, 0.5) is 0 Å². The second-order valence-electron chi connectivity index (χ2n) is 4.63. The molecule has 1 aromatic carbocycles. The summed E-state index contributed by atoms with van der Waals surface area (Å²) in [4.78, 5) is 0. The summed E-state index contributed by atoms with van der Waals surface area (Å²) < 4.78 is 12.0. The second kappa shape index (κ2) is 6.22. The van der Waals surface area contributed by atoms with E-state index in [0.717, 1.165) is 29.9 Å². The van der Waals surface area contributed by atoms with E-state index >= 15 is 0 Å². The van der Waals surface area contributed by atoms with Gasteiger partial charge in [-0.15, -0.1) is 11.8 Å². The molecule has 1 N–H and O–H groups in total. The fourth-order valence-electron chi connectivity index (χ4n) is 2.51. The molecule has 1 fully saturated rings. The fraction of sp³-hybridized carbons (Fsp3) is 0.571. The summed E-state index contributed by atoms with van der Waals surface area (Å²) in [5.41, 5.74) is 0.928. The highest BCUT2D eigenvalue weighted by molar-refractivity contribution is 8.12. The van der Waals surface area contributed by atoms with Crippen LogP contribution in [-0.2, 0) is 10.8 Å². The Bertz CT molecular complexity index is 408. The maximum Gasteiger partial charge on any atom is 0.0936 e. The first-order valence-corrected chi connectivity index (χ1v) is 8.74. The molecule has 1 aliphatic rings. The standard InChI is InChI=1S/C14H20O2S2/c1-2-17-14(9-6-10-18(14)16)11-13(15)12-7-4-3-5-8-12/h3-5,7-8,13,15H,2,6,9-11H2,1H3/t13-,14-,18-/m1/s1. The van der Waals surface area contributed by atoms with Crippen LogP contribution in [-0.4, -0.2) is 24.9 Å². The van der Waals surface area contributed by atoms with Gasteiger partial charge in [0.25, 0.3) is 0 Å². The molecule has 1 heterocycles. The fourth-order valence-corrected chi connectivity index (χ4v) is 6.23. The smallest absolute Gasteiger partial charge is 0.0936 e. The van der Waals surface area contributed by atoms with Gasteiger partial charge in [0.05, 0.1) is 10.2 Å². The first kappa shape index (κ1) is 14.1. The number of rotatable bonds is 5. The lowest BCUT2D eigenvalue weighted by Gasteiger charge is -2.29. The summed E-state index contributed by atoms with van der Waals surface area (Å²) in [7, 11) is -0.811. The van der Waals surface area contributed by atoms with Crippen LogP contribution in [0.1, 0.15) is 37.9 Å². The quantitative estimate of drug-likeness (QED) is 0.903. The van der Waals surface area contributed by atoms with Gasteiger partial charge in [-0.2, -0.15) is 0 Å². The molecule has 2 rings (SSSR count). The van der Waals surface area contributed by atoms with Crippen molar-refractivity contribution in [1.29, 1.82) is 0 Å². The summed E-state index contributed by atoms with van der Waals surface area (Å²) in [5, 5.41) is 10.3. The molecular weight excluding hydrogens is 264 g/mol. The van der Waals surface area contributed by atoms with Crippen molar-refractivity contribution in [2.24, 2.45) is 0 Å². The van der Waals surface area contributed by atoms with Gasteiger partial charge >= 0.3 is 0 Å². The molecule has 1 aromatic rings. The van der Waals surface area contributed by atoms with E-state index in [0.29, 0.717) is 6.42 Å². The summed E-state index contributed by atoms with van der Waals surface area (Å²) in [6.45, 7) is 2.09. The van der Waals surface area contributed by atoms with Crippen molar-refractivity contribution in [3.63, 3.8) is 0 Å². The van der Waals surface area contributed by atoms with Crippen molar-refractivity contribution < 1.29 is 9.32 Å². The predicted octanol–water partition coefficient (Wildman–Crippen LogP) is 3.10. The van der Waals surface area contributed by atoms with E-state index in [1.54, 1.807) is 11.8 Å². The van der Waals surface area contributed by atoms with Crippen molar-refractivity contribution >= 4 is 22.6 Å². The van der Waals surface area contributed by atoms with Gasteiger partial charge in [0.2, 0.25) is 0 Å². The SMILES string of the molecule is CCS[C@]1(C[C@@H](O)c2ccccc2)CCC[S@]1=O. The van der Waals surface area contributed by atoms with Crippen LogP contribution >= 0.6 is 11.8 Å². The predicted molar refractivity (Wildman–Crippen MR) is 79.1 cm³/mol. The van der Waals surface area contributed by atoms with E-state index in [4.69, 9.17) is 0 Å². The van der Waals surface area contributed by atoms with Gasteiger partial charge in [0.15, 0.2) is 0 Å². The van der Waals surface area contributed by atoms with Crippen LogP contribution in [0.15, 0.2) is 30.3 Å². The molecule has 18 heavy (non-hydrogen) atoms. The van der Waals surface area contributed by atoms with Gasteiger partial charge in [-0.05, 0) is 24.2 Å². The zero-order valence-corrected chi connectivity index (χ0v) is 12.3. The Balaban J connectivity index is 2.12. The first-order valence-electron chi connectivity index (χ1n) is 6.43. The van der Waals surface area contributed by atoms with Gasteiger partial charge in [0.1, 0.15) is 0 Å². The summed E-state index contributed by atoms with van der Waals surface area (Å²) in [6.07, 6.45) is 2.07. The minimum Gasteiger partial charge on any atom is -0.388 e. The van der Waals surface area contributed by atoms with E-state index in [-0.39, 0.29) is 4.08 Å². The molecule has 1 aliphatic heterocycles. The molecule has 0 amide bonds. The molecule has 0 saturated carbocycles. The molecule has 2 nitrogen and oxygen atoms in total. The Morgan fingerprint density at radius 2 is 2.17 bits per heavy atom. The van der Waals surface area contributed by atoms with E-state index in [1.807, 2.05) is 30.3 Å². The first-order chi connectivity index (χ1) is 8.68. The van der Waals surface area contributed by atoms with Crippen molar-refractivity contribution in [1.82, 2.24) is 0 Å². The molecule has 100 valence electrons. The van der Waals surface area contributed by atoms with Crippen LogP contribution in [0.25, 0.3) is 0 Å². The van der Waals surface area contributed by atoms with Crippen molar-refractivity contribution in [2.45, 2.75) is 36.4 Å². The van der Waals surface area contributed by atoms with E-state index in [2.05, 4.69) is 6.92 Å². The van der Waals surface area contributed by atoms with Crippen LogP contribution in [0.5, 0.6) is 0 Å². The summed E-state index contributed by atoms with van der Waals surface area (Å²) in [5.74, 6) is 1.74. The molecule has 0 spiro atoms. The van der Waals surface area contributed by atoms with Gasteiger partial charge in [-0.25, -0.2) is 0 Å². The highest BCUT2D eigenvalue weighted by Gasteiger charge is 2.42. The monoisotopic (exact) mass is 284 g/mol. The molecule has 0 radical (unpaired) electrons. The lowest BCUT2D eigenvalue weighted by molar-refractivity contribution is 0.162. The average Bonchev–Trinajstić information content (AvgIpc) is 2.72. The lowest BCUT2D eigenvalue weighted by atomic mass is 10.0. The molecule has 0 unspecified atom stereocenters. The van der Waals surface area contributed by atoms with E-state index in [1.165, 1.54) is 0 Å². The Morgan fingerprint density at radius 1 is 1.44 bits per heavy atom. The molecule has 0 bridgehead atoms. The number of aliphatic hydroxyl groups excluding tert-OH is 1. The Labute approximate surface area is 116 Å². The number of aliphatic hydroxyl groups is 1. The third kappa shape index (κ3) is 2.98. The maximum absolute atomic E-state index is 12.2. The van der Waals surface area contributed by atoms with Gasteiger partial charge in [-0.3, -0.25) is 4.21 Å². The van der Waals surface area contributed by atoms with Crippen molar-refractivity contribution in [3.8, 4) is 0 Å². The summed E-state index contributed by atoms with van der Waals surface area (Å²) >= 11 is 1.76. The third-order valence-corrected chi connectivity index (χ3v) is 7.36. The Kier molecular flexibility index (Phi) is 4.87. The topological polar surface area (TPSA) is 37.3 Å². The minimum absolute atomic E-state index is 0.232. The third-order valence-electron chi connectivity index (χ3n) is 3.40. The zero-order valence-electron chi connectivity index (χ0n) is 10.7. The van der Waals surface area contributed by atoms with Crippen LogP contribution in [0.2, 0.25) is 0 Å².